The minimum absolute atomic E-state index is 0.961. The van der Waals surface area contributed by atoms with Crippen LogP contribution in [-0.4, -0.2) is 0 Å². The third-order valence-corrected chi connectivity index (χ3v) is 2.75. The van der Waals surface area contributed by atoms with Crippen molar-refractivity contribution in [2.45, 2.75) is 32.6 Å². The molecule has 0 radical (unpaired) electrons. The molecule has 0 saturated heterocycles. The zero-order valence-corrected chi connectivity index (χ0v) is 10.1. The highest BCUT2D eigenvalue weighted by Gasteiger charge is 1.95. The molecular weight excluding hydrogens is 236 g/mol. The Hall–Kier alpha value is -0.740. The summed E-state index contributed by atoms with van der Waals surface area (Å²) in [5.41, 5.74) is 1.35. The monoisotopic (exact) mass is 250 g/mol. The second-order valence-corrected chi connectivity index (χ2v) is 4.05. The molecule has 1 rings (SSSR count). The van der Waals surface area contributed by atoms with E-state index in [1.54, 1.807) is 0 Å². The van der Waals surface area contributed by atoms with Gasteiger partial charge in [-0.2, -0.15) is 0 Å². The first-order chi connectivity index (χ1) is 6.84. The summed E-state index contributed by atoms with van der Waals surface area (Å²) in [5, 5.41) is 0. The highest BCUT2D eigenvalue weighted by Crippen LogP contribution is 2.16. The van der Waals surface area contributed by atoms with E-state index in [1.165, 1.54) is 10.0 Å². The fourth-order valence-electron chi connectivity index (χ4n) is 1.20. The standard InChI is InChI=1S/C13H15Br/c1-2-3-4-5-6-9-12-10-7-8-11-13(12)14/h7-8,10-11H,2-3,6,9H2,1H3. The number of hydrogen-bond acceptors (Lipinski definition) is 0. The van der Waals surface area contributed by atoms with Gasteiger partial charge in [-0.15, -0.1) is 11.8 Å². The molecule has 0 aliphatic rings. The Morgan fingerprint density at radius 3 is 2.57 bits per heavy atom. The fraction of sp³-hybridized carbons (Fsp3) is 0.385. The second-order valence-electron chi connectivity index (χ2n) is 3.19. The molecule has 1 heteroatoms. The van der Waals surface area contributed by atoms with Crippen LogP contribution in [0.4, 0.5) is 0 Å². The molecule has 0 bridgehead atoms. The van der Waals surface area contributed by atoms with Gasteiger partial charge < -0.3 is 0 Å². The van der Waals surface area contributed by atoms with Crippen molar-refractivity contribution in [1.29, 1.82) is 0 Å². The van der Waals surface area contributed by atoms with Gasteiger partial charge in [-0.1, -0.05) is 41.1 Å². The second kappa shape index (κ2) is 6.68. The Kier molecular flexibility index (Phi) is 5.40. The molecule has 0 fully saturated rings. The molecule has 0 amide bonds. The summed E-state index contributed by atoms with van der Waals surface area (Å²) >= 11 is 3.53. The number of halogens is 1. The lowest BCUT2D eigenvalue weighted by Crippen LogP contribution is -1.84. The largest absolute Gasteiger partial charge is 0.103 e. The highest BCUT2D eigenvalue weighted by molar-refractivity contribution is 9.10. The van der Waals surface area contributed by atoms with Gasteiger partial charge in [0, 0.05) is 17.3 Å². The van der Waals surface area contributed by atoms with Crippen molar-refractivity contribution < 1.29 is 0 Å². The zero-order valence-electron chi connectivity index (χ0n) is 8.52. The van der Waals surface area contributed by atoms with E-state index >= 15 is 0 Å². The van der Waals surface area contributed by atoms with Gasteiger partial charge in [0.25, 0.3) is 0 Å². The molecule has 0 unspecified atom stereocenters. The molecule has 0 aromatic heterocycles. The highest BCUT2D eigenvalue weighted by atomic mass is 79.9. The van der Waals surface area contributed by atoms with Crippen LogP contribution in [0, 0.1) is 11.8 Å². The summed E-state index contributed by atoms with van der Waals surface area (Å²) in [6.45, 7) is 2.16. The van der Waals surface area contributed by atoms with Crippen LogP contribution >= 0.6 is 15.9 Å². The first-order valence-corrected chi connectivity index (χ1v) is 5.83. The van der Waals surface area contributed by atoms with Crippen molar-refractivity contribution >= 4 is 15.9 Å². The van der Waals surface area contributed by atoms with Crippen molar-refractivity contribution in [1.82, 2.24) is 0 Å². The van der Waals surface area contributed by atoms with E-state index < -0.39 is 0 Å². The van der Waals surface area contributed by atoms with E-state index in [1.807, 2.05) is 6.07 Å². The molecule has 0 heterocycles. The molecule has 74 valence electrons. The minimum Gasteiger partial charge on any atom is -0.103 e. The molecule has 0 aliphatic carbocycles. The maximum atomic E-state index is 3.53. The van der Waals surface area contributed by atoms with E-state index in [0.29, 0.717) is 0 Å². The van der Waals surface area contributed by atoms with Gasteiger partial charge >= 0.3 is 0 Å². The number of hydrogen-bond donors (Lipinski definition) is 0. The molecule has 14 heavy (non-hydrogen) atoms. The van der Waals surface area contributed by atoms with Gasteiger partial charge in [-0.3, -0.25) is 0 Å². The first-order valence-electron chi connectivity index (χ1n) is 5.03. The van der Waals surface area contributed by atoms with Crippen molar-refractivity contribution in [3.8, 4) is 11.8 Å². The van der Waals surface area contributed by atoms with Crippen LogP contribution in [0.2, 0.25) is 0 Å². The third kappa shape index (κ3) is 3.98. The van der Waals surface area contributed by atoms with Gasteiger partial charge in [0.15, 0.2) is 0 Å². The van der Waals surface area contributed by atoms with Crippen molar-refractivity contribution in [3.63, 3.8) is 0 Å². The molecule has 0 nitrogen and oxygen atoms in total. The van der Waals surface area contributed by atoms with Crippen LogP contribution in [0.3, 0.4) is 0 Å². The summed E-state index contributed by atoms with van der Waals surface area (Å²) in [5.74, 6) is 6.35. The van der Waals surface area contributed by atoms with Crippen LogP contribution in [0.1, 0.15) is 31.7 Å². The number of rotatable bonds is 3. The topological polar surface area (TPSA) is 0 Å². The lowest BCUT2D eigenvalue weighted by molar-refractivity contribution is 0.972. The maximum Gasteiger partial charge on any atom is 0.0207 e. The molecule has 0 aliphatic heterocycles. The average Bonchev–Trinajstić information content (AvgIpc) is 2.20. The summed E-state index contributed by atoms with van der Waals surface area (Å²) < 4.78 is 1.19. The predicted octanol–water partition coefficient (Wildman–Crippen LogP) is 4.19. The Morgan fingerprint density at radius 1 is 1.14 bits per heavy atom. The smallest absolute Gasteiger partial charge is 0.0207 e. The van der Waals surface area contributed by atoms with Gasteiger partial charge in [0.2, 0.25) is 0 Å². The lowest BCUT2D eigenvalue weighted by Gasteiger charge is -1.99. The molecular formula is C13H15Br. The zero-order chi connectivity index (χ0) is 10.2. The average molecular weight is 251 g/mol. The number of aryl methyl sites for hydroxylation is 1. The van der Waals surface area contributed by atoms with Gasteiger partial charge in [0.1, 0.15) is 0 Å². The van der Waals surface area contributed by atoms with Gasteiger partial charge in [-0.05, 0) is 24.5 Å². The quantitative estimate of drug-likeness (QED) is 0.707. The van der Waals surface area contributed by atoms with Gasteiger partial charge in [0.05, 0.1) is 0 Å². The van der Waals surface area contributed by atoms with E-state index in [0.717, 1.165) is 25.7 Å². The molecule has 1 aromatic rings. The Labute approximate surface area is 94.9 Å². The number of unbranched alkanes of at least 4 members (excludes halogenated alkanes) is 1. The van der Waals surface area contributed by atoms with E-state index in [-0.39, 0.29) is 0 Å². The van der Waals surface area contributed by atoms with Crippen molar-refractivity contribution in [2.75, 3.05) is 0 Å². The predicted molar refractivity (Wildman–Crippen MR) is 65.1 cm³/mol. The Balaban J connectivity index is 2.40. The van der Waals surface area contributed by atoms with E-state index in [4.69, 9.17) is 0 Å². The summed E-state index contributed by atoms with van der Waals surface area (Å²) in [4.78, 5) is 0. The Morgan fingerprint density at radius 2 is 1.86 bits per heavy atom. The molecule has 1 aromatic carbocycles. The molecule has 0 saturated carbocycles. The lowest BCUT2D eigenvalue weighted by atomic mass is 10.1. The van der Waals surface area contributed by atoms with Crippen molar-refractivity contribution in [2.24, 2.45) is 0 Å². The molecule has 0 spiro atoms. The SMILES string of the molecule is CCCC#CCCc1ccccc1Br. The molecule has 0 N–H and O–H groups in total. The third-order valence-electron chi connectivity index (χ3n) is 1.98. The van der Waals surface area contributed by atoms with Crippen LogP contribution in [0.15, 0.2) is 28.7 Å². The van der Waals surface area contributed by atoms with Crippen LogP contribution < -0.4 is 0 Å². The summed E-state index contributed by atoms with van der Waals surface area (Å²) in [6, 6.07) is 8.33. The summed E-state index contributed by atoms with van der Waals surface area (Å²) in [7, 11) is 0. The van der Waals surface area contributed by atoms with Gasteiger partial charge in [-0.25, -0.2) is 0 Å². The normalized spacial score (nSPS) is 9.29. The molecule has 0 atom stereocenters. The van der Waals surface area contributed by atoms with Crippen LogP contribution in [0.25, 0.3) is 0 Å². The fourth-order valence-corrected chi connectivity index (χ4v) is 1.68. The van der Waals surface area contributed by atoms with Crippen LogP contribution in [-0.2, 0) is 6.42 Å². The Bertz CT molecular complexity index is 331. The maximum absolute atomic E-state index is 3.53. The van der Waals surface area contributed by atoms with E-state index in [2.05, 4.69) is 52.9 Å². The first kappa shape index (κ1) is 11.3. The summed E-state index contributed by atoms with van der Waals surface area (Å²) in [6.07, 6.45) is 4.18. The van der Waals surface area contributed by atoms with E-state index in [9.17, 15) is 0 Å². The minimum atomic E-state index is 0.961. The van der Waals surface area contributed by atoms with Crippen molar-refractivity contribution in [3.05, 3.63) is 34.3 Å². The number of benzene rings is 1. The van der Waals surface area contributed by atoms with Crippen LogP contribution in [0.5, 0.6) is 0 Å².